The second-order valence-corrected chi connectivity index (χ2v) is 6.96. The molecule has 2 saturated heterocycles. The van der Waals surface area contributed by atoms with Crippen molar-refractivity contribution in [1.29, 1.82) is 0 Å². The molecule has 23 heavy (non-hydrogen) atoms. The van der Waals surface area contributed by atoms with E-state index in [1.807, 2.05) is 28.0 Å². The van der Waals surface area contributed by atoms with Gasteiger partial charge in [-0.25, -0.2) is 0 Å². The number of hydrogen-bond acceptors (Lipinski definition) is 4. The predicted molar refractivity (Wildman–Crippen MR) is 90.1 cm³/mol. The van der Waals surface area contributed by atoms with Gasteiger partial charge < -0.3 is 9.80 Å². The van der Waals surface area contributed by atoms with Crippen LogP contribution in [0, 0.1) is 5.92 Å². The summed E-state index contributed by atoms with van der Waals surface area (Å²) in [6, 6.07) is 1.98. The summed E-state index contributed by atoms with van der Waals surface area (Å²) in [5, 5.41) is 4.26. The molecule has 0 radical (unpaired) electrons. The lowest BCUT2D eigenvalue weighted by Gasteiger charge is -2.36. The molecule has 1 amide bonds. The standard InChI is InChI=1S/C17H29N5O/c1-19-11-13-21(14-12-19)17(23)15-20-8-3-16(4-9-20)5-10-22-7-2-6-18-22/h2,6-7,16H,3-5,8-15H2,1H3. The Labute approximate surface area is 139 Å². The maximum atomic E-state index is 12.4. The number of nitrogens with zero attached hydrogens (tertiary/aromatic N) is 5. The Bertz CT molecular complexity index is 473. The zero-order valence-electron chi connectivity index (χ0n) is 14.2. The molecule has 2 aliphatic heterocycles. The van der Waals surface area contributed by atoms with Crippen molar-refractivity contribution in [2.45, 2.75) is 25.8 Å². The molecule has 6 heteroatoms. The molecule has 0 unspecified atom stereocenters. The number of aryl methyl sites for hydroxylation is 1. The van der Waals surface area contributed by atoms with E-state index >= 15 is 0 Å². The van der Waals surface area contributed by atoms with E-state index in [0.29, 0.717) is 12.5 Å². The number of carbonyl (C=O) groups excluding carboxylic acids is 1. The van der Waals surface area contributed by atoms with E-state index in [0.717, 1.165) is 51.7 Å². The zero-order chi connectivity index (χ0) is 16.1. The summed E-state index contributed by atoms with van der Waals surface area (Å²) in [6.07, 6.45) is 7.48. The van der Waals surface area contributed by atoms with Crippen LogP contribution < -0.4 is 0 Å². The smallest absolute Gasteiger partial charge is 0.236 e. The molecule has 0 atom stereocenters. The van der Waals surface area contributed by atoms with Gasteiger partial charge >= 0.3 is 0 Å². The lowest BCUT2D eigenvalue weighted by Crippen LogP contribution is -2.50. The number of piperidine rings is 1. The molecule has 0 N–H and O–H groups in total. The van der Waals surface area contributed by atoms with Crippen molar-refractivity contribution in [1.82, 2.24) is 24.5 Å². The van der Waals surface area contributed by atoms with Gasteiger partial charge in [-0.15, -0.1) is 0 Å². The van der Waals surface area contributed by atoms with E-state index < -0.39 is 0 Å². The third kappa shape index (κ3) is 4.78. The number of rotatable bonds is 5. The van der Waals surface area contributed by atoms with Crippen molar-refractivity contribution in [2.24, 2.45) is 5.92 Å². The highest BCUT2D eigenvalue weighted by atomic mass is 16.2. The monoisotopic (exact) mass is 319 g/mol. The van der Waals surface area contributed by atoms with Crippen LogP contribution in [0.15, 0.2) is 18.5 Å². The average molecular weight is 319 g/mol. The van der Waals surface area contributed by atoms with Gasteiger partial charge in [0, 0.05) is 45.1 Å². The summed E-state index contributed by atoms with van der Waals surface area (Å²) in [5.41, 5.74) is 0. The van der Waals surface area contributed by atoms with Crippen LogP contribution in [0.25, 0.3) is 0 Å². The molecule has 2 fully saturated rings. The van der Waals surface area contributed by atoms with Crippen LogP contribution in [-0.2, 0) is 11.3 Å². The Hall–Kier alpha value is -1.40. The summed E-state index contributed by atoms with van der Waals surface area (Å²) in [6.45, 7) is 7.51. The van der Waals surface area contributed by atoms with Crippen molar-refractivity contribution in [3.63, 3.8) is 0 Å². The third-order valence-corrected chi connectivity index (χ3v) is 5.25. The average Bonchev–Trinajstić information content (AvgIpc) is 3.08. The zero-order valence-corrected chi connectivity index (χ0v) is 14.2. The summed E-state index contributed by atoms with van der Waals surface area (Å²) < 4.78 is 2.02. The predicted octanol–water partition coefficient (Wildman–Crippen LogP) is 0.759. The molecule has 2 aliphatic rings. The van der Waals surface area contributed by atoms with Gasteiger partial charge in [-0.2, -0.15) is 5.10 Å². The van der Waals surface area contributed by atoms with E-state index in [-0.39, 0.29) is 0 Å². The maximum absolute atomic E-state index is 12.4. The van der Waals surface area contributed by atoms with Gasteiger partial charge in [-0.3, -0.25) is 14.4 Å². The minimum absolute atomic E-state index is 0.313. The van der Waals surface area contributed by atoms with E-state index in [4.69, 9.17) is 0 Å². The highest BCUT2D eigenvalue weighted by molar-refractivity contribution is 5.78. The second-order valence-electron chi connectivity index (χ2n) is 6.96. The van der Waals surface area contributed by atoms with Crippen molar-refractivity contribution in [3.8, 4) is 0 Å². The normalized spacial score (nSPS) is 21.7. The Morgan fingerprint density at radius 3 is 2.52 bits per heavy atom. The second kappa shape index (κ2) is 7.93. The van der Waals surface area contributed by atoms with Gasteiger partial charge in [-0.1, -0.05) is 0 Å². The summed E-state index contributed by atoms with van der Waals surface area (Å²) in [4.78, 5) is 19.0. The van der Waals surface area contributed by atoms with Crippen LogP contribution in [-0.4, -0.2) is 83.2 Å². The minimum Gasteiger partial charge on any atom is -0.339 e. The van der Waals surface area contributed by atoms with Crippen LogP contribution in [0.5, 0.6) is 0 Å². The van der Waals surface area contributed by atoms with Gasteiger partial charge in [0.05, 0.1) is 6.54 Å². The maximum Gasteiger partial charge on any atom is 0.236 e. The largest absolute Gasteiger partial charge is 0.339 e. The Morgan fingerprint density at radius 1 is 1.13 bits per heavy atom. The lowest BCUT2D eigenvalue weighted by atomic mass is 9.93. The topological polar surface area (TPSA) is 44.6 Å². The Balaban J connectivity index is 1.35. The number of likely N-dealkylation sites (N-methyl/N-ethyl adjacent to an activating group) is 1. The number of amides is 1. The highest BCUT2D eigenvalue weighted by Crippen LogP contribution is 2.21. The molecule has 1 aromatic rings. The van der Waals surface area contributed by atoms with Gasteiger partial charge in [0.25, 0.3) is 0 Å². The van der Waals surface area contributed by atoms with E-state index in [1.54, 1.807) is 0 Å². The quantitative estimate of drug-likeness (QED) is 0.804. The number of likely N-dealkylation sites (tertiary alicyclic amines) is 1. The molecule has 6 nitrogen and oxygen atoms in total. The number of aromatic nitrogens is 2. The molecule has 0 spiro atoms. The fraction of sp³-hybridized carbons (Fsp3) is 0.765. The molecule has 128 valence electrons. The van der Waals surface area contributed by atoms with Gasteiger partial charge in [-0.05, 0) is 51.4 Å². The summed E-state index contributed by atoms with van der Waals surface area (Å²) in [7, 11) is 2.12. The number of piperazine rings is 1. The van der Waals surface area contributed by atoms with Crippen LogP contribution in [0.2, 0.25) is 0 Å². The fourth-order valence-electron chi connectivity index (χ4n) is 3.53. The van der Waals surface area contributed by atoms with Crippen LogP contribution in [0.3, 0.4) is 0 Å². The van der Waals surface area contributed by atoms with E-state index in [9.17, 15) is 4.79 Å². The van der Waals surface area contributed by atoms with Crippen molar-refractivity contribution >= 4 is 5.91 Å². The Kier molecular flexibility index (Phi) is 5.67. The van der Waals surface area contributed by atoms with Crippen molar-refractivity contribution < 1.29 is 4.79 Å². The first-order chi connectivity index (χ1) is 11.2. The molecule has 0 aliphatic carbocycles. The first-order valence-electron chi connectivity index (χ1n) is 8.87. The van der Waals surface area contributed by atoms with Crippen LogP contribution in [0.1, 0.15) is 19.3 Å². The number of hydrogen-bond donors (Lipinski definition) is 0. The van der Waals surface area contributed by atoms with Gasteiger partial charge in [0.15, 0.2) is 0 Å². The first-order valence-corrected chi connectivity index (χ1v) is 8.87. The summed E-state index contributed by atoms with van der Waals surface area (Å²) in [5.74, 6) is 1.09. The molecule has 0 aromatic carbocycles. The SMILES string of the molecule is CN1CCN(C(=O)CN2CCC(CCn3cccn3)CC2)CC1. The highest BCUT2D eigenvalue weighted by Gasteiger charge is 2.24. The lowest BCUT2D eigenvalue weighted by molar-refractivity contribution is -0.134. The fourth-order valence-corrected chi connectivity index (χ4v) is 3.53. The van der Waals surface area contributed by atoms with Crippen molar-refractivity contribution in [3.05, 3.63) is 18.5 Å². The van der Waals surface area contributed by atoms with E-state index in [2.05, 4.69) is 21.9 Å². The summed E-state index contributed by atoms with van der Waals surface area (Å²) >= 11 is 0. The molecule has 1 aromatic heterocycles. The van der Waals surface area contributed by atoms with Gasteiger partial charge in [0.1, 0.15) is 0 Å². The van der Waals surface area contributed by atoms with Crippen molar-refractivity contribution in [2.75, 3.05) is 52.9 Å². The molecule has 3 rings (SSSR count). The number of carbonyl (C=O) groups is 1. The van der Waals surface area contributed by atoms with Crippen LogP contribution >= 0.6 is 0 Å². The van der Waals surface area contributed by atoms with Crippen LogP contribution in [0.4, 0.5) is 0 Å². The minimum atomic E-state index is 0.313. The van der Waals surface area contributed by atoms with E-state index in [1.165, 1.54) is 19.3 Å². The third-order valence-electron chi connectivity index (χ3n) is 5.25. The molecule has 3 heterocycles. The molecule has 0 saturated carbocycles. The molecular formula is C17H29N5O. The molecule has 0 bridgehead atoms. The Morgan fingerprint density at radius 2 is 1.87 bits per heavy atom. The molecular weight excluding hydrogens is 290 g/mol. The van der Waals surface area contributed by atoms with Gasteiger partial charge in [0.2, 0.25) is 5.91 Å². The first kappa shape index (κ1) is 16.5.